The first-order chi connectivity index (χ1) is 14.6. The highest BCUT2D eigenvalue weighted by molar-refractivity contribution is 6.34. The molecule has 0 saturated heterocycles. The van der Waals surface area contributed by atoms with Gasteiger partial charge in [-0.3, -0.25) is 9.59 Å². The highest BCUT2D eigenvalue weighted by atomic mass is 35.5. The molecule has 0 bridgehead atoms. The van der Waals surface area contributed by atoms with Crippen molar-refractivity contribution in [2.24, 2.45) is 0 Å². The predicted molar refractivity (Wildman–Crippen MR) is 116 cm³/mol. The van der Waals surface area contributed by atoms with Gasteiger partial charge in [0.25, 0.3) is 11.8 Å². The third-order valence-corrected chi connectivity index (χ3v) is 4.84. The molecule has 3 aromatic carbocycles. The molecule has 4 rings (SSSR count). The summed E-state index contributed by atoms with van der Waals surface area (Å²) >= 11 is 6.29. The van der Waals surface area contributed by atoms with Crippen molar-refractivity contribution in [3.63, 3.8) is 0 Å². The highest BCUT2D eigenvalue weighted by Crippen LogP contribution is 2.37. The number of halogens is 1. The Hall–Kier alpha value is -3.51. The van der Waals surface area contributed by atoms with Gasteiger partial charge in [0.1, 0.15) is 0 Å². The fourth-order valence-corrected chi connectivity index (χ4v) is 3.17. The molecule has 0 aromatic heterocycles. The lowest BCUT2D eigenvalue weighted by atomic mass is 10.1. The summed E-state index contributed by atoms with van der Waals surface area (Å²) in [5.74, 6) is 0.569. The van der Waals surface area contributed by atoms with E-state index in [1.54, 1.807) is 60.7 Å². The third kappa shape index (κ3) is 4.55. The van der Waals surface area contributed by atoms with E-state index in [1.807, 2.05) is 6.07 Å². The lowest BCUT2D eigenvalue weighted by molar-refractivity contribution is 0.102. The minimum absolute atomic E-state index is 0.216. The molecule has 1 heterocycles. The van der Waals surface area contributed by atoms with E-state index in [1.165, 1.54) is 0 Å². The molecule has 6 nitrogen and oxygen atoms in total. The number of benzene rings is 3. The molecule has 0 unspecified atom stereocenters. The molecule has 3 aromatic rings. The van der Waals surface area contributed by atoms with Gasteiger partial charge in [-0.15, -0.1) is 0 Å². The number of rotatable bonds is 4. The smallest absolute Gasteiger partial charge is 0.255 e. The summed E-state index contributed by atoms with van der Waals surface area (Å²) in [5.41, 5.74) is 2.01. The van der Waals surface area contributed by atoms with Gasteiger partial charge >= 0.3 is 0 Å². The van der Waals surface area contributed by atoms with Crippen molar-refractivity contribution >= 4 is 34.8 Å². The molecule has 0 spiro atoms. The van der Waals surface area contributed by atoms with Crippen LogP contribution < -0.4 is 20.1 Å². The molecular formula is C23H19ClN2O4. The zero-order valence-corrected chi connectivity index (χ0v) is 16.7. The summed E-state index contributed by atoms with van der Waals surface area (Å²) in [4.78, 5) is 24.9. The van der Waals surface area contributed by atoms with Crippen LogP contribution in [0.5, 0.6) is 11.5 Å². The molecule has 2 amide bonds. The Balaban J connectivity index is 1.44. The van der Waals surface area contributed by atoms with Crippen molar-refractivity contribution in [2.45, 2.75) is 6.42 Å². The number of carbonyl (C=O) groups excluding carboxylic acids is 2. The Kier molecular flexibility index (Phi) is 5.86. The molecule has 30 heavy (non-hydrogen) atoms. The first-order valence-corrected chi connectivity index (χ1v) is 9.85. The van der Waals surface area contributed by atoms with Gasteiger partial charge in [0, 0.05) is 35.4 Å². The predicted octanol–water partition coefficient (Wildman–Crippen LogP) is 5.01. The minimum Gasteiger partial charge on any atom is -0.490 e. The van der Waals surface area contributed by atoms with E-state index in [9.17, 15) is 9.59 Å². The number of hydrogen-bond donors (Lipinski definition) is 2. The van der Waals surface area contributed by atoms with Crippen LogP contribution in [0, 0.1) is 0 Å². The molecule has 1 aliphatic heterocycles. The average Bonchev–Trinajstić information content (AvgIpc) is 3.00. The van der Waals surface area contributed by atoms with Crippen LogP contribution in [-0.2, 0) is 0 Å². The van der Waals surface area contributed by atoms with Crippen molar-refractivity contribution in [1.82, 2.24) is 0 Å². The van der Waals surface area contributed by atoms with Crippen LogP contribution in [0.4, 0.5) is 11.4 Å². The van der Waals surface area contributed by atoms with Gasteiger partial charge in [0.05, 0.1) is 23.9 Å². The maximum atomic E-state index is 12.6. The maximum absolute atomic E-state index is 12.6. The Labute approximate surface area is 178 Å². The second kappa shape index (κ2) is 8.88. The molecular weight excluding hydrogens is 404 g/mol. The molecule has 0 radical (unpaired) electrons. The zero-order valence-electron chi connectivity index (χ0n) is 16.0. The standard InChI is InChI=1S/C23H19ClN2O4/c24-18-13-20-21(30-12-4-11-29-20)14-19(18)26-23(28)16-7-9-17(10-8-16)25-22(27)15-5-2-1-3-6-15/h1-3,5-10,13-14H,4,11-12H2,(H,25,27)(H,26,28). The number of ether oxygens (including phenoxy) is 2. The van der Waals surface area contributed by atoms with Gasteiger partial charge in [0.15, 0.2) is 11.5 Å². The third-order valence-electron chi connectivity index (χ3n) is 4.53. The van der Waals surface area contributed by atoms with Gasteiger partial charge in [-0.2, -0.15) is 0 Å². The zero-order chi connectivity index (χ0) is 20.9. The van der Waals surface area contributed by atoms with Crippen LogP contribution in [0.15, 0.2) is 66.7 Å². The molecule has 0 aliphatic carbocycles. The van der Waals surface area contributed by atoms with Crippen molar-refractivity contribution in [3.8, 4) is 11.5 Å². The van der Waals surface area contributed by atoms with Crippen molar-refractivity contribution in [2.75, 3.05) is 23.8 Å². The SMILES string of the molecule is O=C(Nc1ccc(C(=O)Nc2cc3c(cc2Cl)OCCCO3)cc1)c1ccccc1. The average molecular weight is 423 g/mol. The number of nitrogens with one attached hydrogen (secondary N) is 2. The van der Waals surface area contributed by atoms with Crippen LogP contribution in [0.1, 0.15) is 27.1 Å². The van der Waals surface area contributed by atoms with E-state index in [0.29, 0.717) is 52.2 Å². The lowest BCUT2D eigenvalue weighted by Crippen LogP contribution is -2.14. The number of hydrogen-bond acceptors (Lipinski definition) is 4. The quantitative estimate of drug-likeness (QED) is 0.619. The van der Waals surface area contributed by atoms with E-state index < -0.39 is 0 Å². The van der Waals surface area contributed by atoms with E-state index in [-0.39, 0.29) is 11.8 Å². The van der Waals surface area contributed by atoms with Gasteiger partial charge in [-0.05, 0) is 36.4 Å². The molecule has 7 heteroatoms. The highest BCUT2D eigenvalue weighted by Gasteiger charge is 2.16. The van der Waals surface area contributed by atoms with E-state index in [0.717, 1.165) is 6.42 Å². The number of carbonyl (C=O) groups is 2. The topological polar surface area (TPSA) is 76.7 Å². The first kappa shape index (κ1) is 19.8. The summed E-state index contributed by atoms with van der Waals surface area (Å²) < 4.78 is 11.2. The second-order valence-electron chi connectivity index (χ2n) is 6.68. The summed E-state index contributed by atoms with van der Waals surface area (Å²) in [6, 6.07) is 18.8. The van der Waals surface area contributed by atoms with Crippen molar-refractivity contribution in [3.05, 3.63) is 82.9 Å². The number of amides is 2. The van der Waals surface area contributed by atoms with Crippen LogP contribution >= 0.6 is 11.6 Å². The Morgan fingerprint density at radius 3 is 2.07 bits per heavy atom. The number of anilines is 2. The molecule has 152 valence electrons. The molecule has 2 N–H and O–H groups in total. The van der Waals surface area contributed by atoms with Crippen LogP contribution in [0.25, 0.3) is 0 Å². The monoisotopic (exact) mass is 422 g/mol. The Bertz CT molecular complexity index is 1070. The fraction of sp³-hybridized carbons (Fsp3) is 0.130. The fourth-order valence-electron chi connectivity index (χ4n) is 2.97. The van der Waals surface area contributed by atoms with Crippen LogP contribution in [0.2, 0.25) is 5.02 Å². The Morgan fingerprint density at radius 1 is 0.767 bits per heavy atom. The van der Waals surface area contributed by atoms with Crippen molar-refractivity contribution in [1.29, 1.82) is 0 Å². The first-order valence-electron chi connectivity index (χ1n) is 9.47. The number of fused-ring (bicyclic) bond motifs is 1. The molecule has 0 fully saturated rings. The summed E-state index contributed by atoms with van der Waals surface area (Å²) in [6.07, 6.45) is 0.779. The maximum Gasteiger partial charge on any atom is 0.255 e. The molecule has 1 aliphatic rings. The molecule has 0 saturated carbocycles. The van der Waals surface area contributed by atoms with Crippen LogP contribution in [-0.4, -0.2) is 25.0 Å². The van der Waals surface area contributed by atoms with Gasteiger partial charge in [-0.1, -0.05) is 29.8 Å². The van der Waals surface area contributed by atoms with Gasteiger partial charge in [-0.25, -0.2) is 0 Å². The van der Waals surface area contributed by atoms with Gasteiger partial charge in [0.2, 0.25) is 0 Å². The van der Waals surface area contributed by atoms with Crippen LogP contribution in [0.3, 0.4) is 0 Å². The van der Waals surface area contributed by atoms with E-state index in [2.05, 4.69) is 10.6 Å². The second-order valence-corrected chi connectivity index (χ2v) is 7.09. The molecule has 0 atom stereocenters. The van der Waals surface area contributed by atoms with E-state index >= 15 is 0 Å². The Morgan fingerprint density at radius 2 is 1.37 bits per heavy atom. The summed E-state index contributed by atoms with van der Waals surface area (Å²) in [6.45, 7) is 1.10. The minimum atomic E-state index is -0.327. The largest absolute Gasteiger partial charge is 0.490 e. The summed E-state index contributed by atoms with van der Waals surface area (Å²) in [5, 5.41) is 5.95. The van der Waals surface area contributed by atoms with Gasteiger partial charge < -0.3 is 20.1 Å². The summed E-state index contributed by atoms with van der Waals surface area (Å²) in [7, 11) is 0. The van der Waals surface area contributed by atoms with E-state index in [4.69, 9.17) is 21.1 Å². The lowest BCUT2D eigenvalue weighted by Gasteiger charge is -2.13. The normalized spacial score (nSPS) is 12.6. The van der Waals surface area contributed by atoms with Crippen molar-refractivity contribution < 1.29 is 19.1 Å².